The molecule has 37 heavy (non-hydrogen) atoms. The molecule has 0 amide bonds. The number of aldehydes is 1. The molecule has 0 heterocycles. The van der Waals surface area contributed by atoms with Crippen LogP contribution < -0.4 is 56.5 Å². The number of rotatable bonds is 8. The van der Waals surface area contributed by atoms with Crippen molar-refractivity contribution < 1.29 is 62.7 Å². The van der Waals surface area contributed by atoms with E-state index in [0.717, 1.165) is 6.29 Å². The molecule has 0 saturated heterocycles. The second kappa shape index (κ2) is 72.2. The zero-order chi connectivity index (χ0) is 29.9. The van der Waals surface area contributed by atoms with E-state index in [4.69, 9.17) is 4.79 Å². The molecule has 0 radical (unpaired) electrons. The predicted molar refractivity (Wildman–Crippen MR) is 199 cm³/mol. The van der Waals surface area contributed by atoms with Gasteiger partial charge in [-0.1, -0.05) is 133 Å². The zero-order valence-electron chi connectivity index (χ0n) is 25.2. The molecule has 226 valence electrons. The Morgan fingerprint density at radius 2 is 0.784 bits per heavy atom. The molecule has 2 nitrogen and oxygen atoms in total. The van der Waals surface area contributed by atoms with Crippen LogP contribution in [0.3, 0.4) is 0 Å². The van der Waals surface area contributed by atoms with Crippen molar-refractivity contribution in [2.75, 3.05) is 0 Å². The van der Waals surface area contributed by atoms with Crippen molar-refractivity contribution in [2.45, 2.75) is 145 Å². The number of hydrogen-bond donors (Lipinski definition) is 0. The summed E-state index contributed by atoms with van der Waals surface area (Å²) in [6.45, 7) is 19.7. The second-order valence-corrected chi connectivity index (χ2v) is 20.0. The fourth-order valence-corrected chi connectivity index (χ4v) is 9.62. The van der Waals surface area contributed by atoms with Crippen LogP contribution in [0.2, 0.25) is 0 Å². The van der Waals surface area contributed by atoms with Crippen LogP contribution in [-0.2, 0) is 112 Å². The first kappa shape index (κ1) is 60.0. The molecule has 14 heteroatoms. The van der Waals surface area contributed by atoms with Gasteiger partial charge in [-0.2, -0.15) is 0 Å². The molecule has 0 rings (SSSR count). The maximum absolute atomic E-state index is 10.1. The Morgan fingerprint density at radius 3 is 0.865 bits per heavy atom. The number of hydrogen-bond acceptors (Lipinski definition) is 6. The Labute approximate surface area is 316 Å². The van der Waals surface area contributed by atoms with Crippen molar-refractivity contribution in [3.05, 3.63) is 0 Å². The van der Waals surface area contributed by atoms with Crippen molar-refractivity contribution >= 4 is 113 Å². The normalized spacial score (nSPS) is 7.76. The Hall–Kier alpha value is 3.69. The first-order chi connectivity index (χ1) is 17.0. The first-order valence-electron chi connectivity index (χ1n) is 12.3. The Bertz CT molecular complexity index is 597. The van der Waals surface area contributed by atoms with Crippen LogP contribution in [0.4, 0.5) is 0 Å². The van der Waals surface area contributed by atoms with Gasteiger partial charge in [0.25, 0.3) is 0 Å². The van der Waals surface area contributed by atoms with Crippen molar-refractivity contribution in [1.29, 1.82) is 0 Å². The molecule has 0 fully saturated rings. The Balaban J connectivity index is -0.0000000370. The molecule has 0 aromatic heterocycles. The molecule has 0 atom stereocenters. The average Bonchev–Trinajstić information content (AvgIpc) is 2.83. The summed E-state index contributed by atoms with van der Waals surface area (Å²) < 4.78 is 0. The van der Waals surface area contributed by atoms with Gasteiger partial charge in [-0.15, -0.1) is 5.60 Å². The fourth-order valence-electron chi connectivity index (χ4n) is 1.39. The molecular formula is C23H55KO2S11. The number of carbonyl (C=O) groups is 1. The van der Waals surface area contributed by atoms with E-state index in [1.807, 2.05) is 0 Å². The van der Waals surface area contributed by atoms with Gasteiger partial charge in [0.2, 0.25) is 0 Å². The topological polar surface area (TPSA) is 40.1 Å². The third kappa shape index (κ3) is 202. The second-order valence-electron chi connectivity index (χ2n) is 7.59. The van der Waals surface area contributed by atoms with Gasteiger partial charge in [0.15, 0.2) is 0 Å². The van der Waals surface area contributed by atoms with E-state index in [1.54, 1.807) is 47.4 Å². The summed E-state index contributed by atoms with van der Waals surface area (Å²) in [6, 6.07) is 0. The summed E-state index contributed by atoms with van der Waals surface area (Å²) in [5.41, 5.74) is -0.750. The van der Waals surface area contributed by atoms with Gasteiger partial charge in [0.1, 0.15) is 6.29 Å². The summed E-state index contributed by atoms with van der Waals surface area (Å²) in [7, 11) is 9.71. The van der Waals surface area contributed by atoms with Crippen LogP contribution in [0, 0.1) is 0 Å². The summed E-state index contributed by atoms with van der Waals surface area (Å²) >= 11 is 17.8. The molecule has 0 spiro atoms. The molecule has 0 unspecified atom stereocenters. The summed E-state index contributed by atoms with van der Waals surface area (Å²) in [6.07, 6.45) is 15.9. The number of carbonyl (C=O) groups excluding carboxylic acids is 1. The molecule has 0 bridgehead atoms. The standard InChI is InChI=1S/2C6H14.C5H12.C4H9O.C2H4O.K.S7.S4.H2/c2*1-3-5-6-4-2;1-3-5-4-2;1-4(2,3)5;1-2-3;;1-3-5-7-6-4-2;1-3-4-2;/h2*3-6H2,1-2H3;3-5H2,1-2H3;1-3H3;2H,1H3;;;;1H/q;;;-1;;+1;;;. The molecule has 0 N–H and O–H groups in total. The number of unbranched alkanes of at least 4 members (excludes halogenated alkanes) is 8. The van der Waals surface area contributed by atoms with E-state index in [2.05, 4.69) is 86.3 Å². The smallest absolute Gasteiger partial charge is 0.850 e. The maximum atomic E-state index is 10.1. The van der Waals surface area contributed by atoms with Crippen LogP contribution >= 0.6 is 0 Å². The largest absolute Gasteiger partial charge is 1.00 e. The van der Waals surface area contributed by atoms with Crippen molar-refractivity contribution in [1.82, 2.24) is 0 Å². The van der Waals surface area contributed by atoms with Gasteiger partial charge in [-0.25, -0.2) is 0 Å². The van der Waals surface area contributed by atoms with Crippen molar-refractivity contribution in [3.8, 4) is 0 Å². The van der Waals surface area contributed by atoms with E-state index in [1.165, 1.54) is 113 Å². The molecule has 0 saturated carbocycles. The van der Waals surface area contributed by atoms with Gasteiger partial charge in [-0.05, 0) is 6.92 Å². The molecule has 0 aliphatic heterocycles. The van der Waals surface area contributed by atoms with Gasteiger partial charge in [-0.3, -0.25) is 0 Å². The van der Waals surface area contributed by atoms with E-state index in [0.29, 0.717) is 0 Å². The van der Waals surface area contributed by atoms with Crippen LogP contribution in [0.5, 0.6) is 0 Å². The SMILES string of the molecule is CC(C)(C)[O-].CC=O.CCCCC.CCCCCC.CCCCCC.S=S=S=S.S=S=S=S=S=S=S.[HH].[K+]. The molecular weight excluding hydrogens is 700 g/mol. The third-order valence-corrected chi connectivity index (χ3v) is 13.9. The van der Waals surface area contributed by atoms with Crippen LogP contribution in [-0.4, -0.2) is 11.9 Å². The Morgan fingerprint density at radius 1 is 0.595 bits per heavy atom. The van der Waals surface area contributed by atoms with E-state index >= 15 is 0 Å². The minimum Gasteiger partial charge on any atom is -0.850 e. The zero-order valence-corrected chi connectivity index (χ0v) is 37.3. The minimum atomic E-state index is -0.750. The van der Waals surface area contributed by atoms with Crippen LogP contribution in [0.15, 0.2) is 0 Å². The van der Waals surface area contributed by atoms with Gasteiger partial charge in [0, 0.05) is 108 Å². The van der Waals surface area contributed by atoms with Gasteiger partial charge >= 0.3 is 51.4 Å². The molecule has 0 aromatic carbocycles. The molecule has 0 aliphatic carbocycles. The third-order valence-electron chi connectivity index (χ3n) is 2.76. The Kier molecular flexibility index (Phi) is 117. The van der Waals surface area contributed by atoms with Crippen molar-refractivity contribution in [2.24, 2.45) is 0 Å². The summed E-state index contributed by atoms with van der Waals surface area (Å²) in [5.74, 6) is 0. The first-order valence-corrected chi connectivity index (χ1v) is 24.3. The summed E-state index contributed by atoms with van der Waals surface area (Å²) in [5, 5.41) is 10.1. The average molecular weight is 756 g/mol. The van der Waals surface area contributed by atoms with E-state index in [-0.39, 0.29) is 52.8 Å². The predicted octanol–water partition coefficient (Wildman–Crippen LogP) is 4.94. The molecule has 0 aliphatic rings. The van der Waals surface area contributed by atoms with E-state index < -0.39 is 5.60 Å². The monoisotopic (exact) mass is 754 g/mol. The van der Waals surface area contributed by atoms with Crippen LogP contribution in [0.1, 0.15) is 141 Å². The quantitative estimate of drug-likeness (QED) is 0.199. The van der Waals surface area contributed by atoms with Crippen LogP contribution in [0.25, 0.3) is 0 Å². The minimum absolute atomic E-state index is 0. The summed E-state index contributed by atoms with van der Waals surface area (Å²) in [4.78, 5) is 8.81. The van der Waals surface area contributed by atoms with E-state index in [9.17, 15) is 5.11 Å². The van der Waals surface area contributed by atoms with Gasteiger partial charge < -0.3 is 9.90 Å². The van der Waals surface area contributed by atoms with Crippen molar-refractivity contribution in [3.63, 3.8) is 0 Å². The molecule has 0 aromatic rings. The van der Waals surface area contributed by atoms with Gasteiger partial charge in [0.05, 0.1) is 0 Å². The maximum Gasteiger partial charge on any atom is 1.00 e. The fraction of sp³-hybridized carbons (Fsp3) is 0.957.